The van der Waals surface area contributed by atoms with E-state index in [2.05, 4.69) is 0 Å². The van der Waals surface area contributed by atoms with E-state index in [1.54, 1.807) is 48.5 Å². The number of benzene rings is 4. The number of hydrogen-bond donors (Lipinski definition) is 0. The van der Waals surface area contributed by atoms with Crippen molar-refractivity contribution in [3.05, 3.63) is 121 Å². The molecule has 1 aliphatic rings. The van der Waals surface area contributed by atoms with E-state index in [0.29, 0.717) is 23.0 Å². The van der Waals surface area contributed by atoms with Gasteiger partial charge in [0.15, 0.2) is 0 Å². The topological polar surface area (TPSA) is 123 Å². The predicted octanol–water partition coefficient (Wildman–Crippen LogP) is 10.7. The summed E-state index contributed by atoms with van der Waals surface area (Å²) in [5.74, 6) is 1.69. The van der Waals surface area contributed by atoms with Gasteiger partial charge in [-0.15, -0.1) is 18.1 Å². The van der Waals surface area contributed by atoms with E-state index in [9.17, 15) is 0 Å². The van der Waals surface area contributed by atoms with Crippen molar-refractivity contribution < 1.29 is 36.2 Å². The Morgan fingerprint density at radius 3 is 0.659 bits per heavy atom. The van der Waals surface area contributed by atoms with Gasteiger partial charge in [-0.25, -0.2) is 0 Å². The lowest BCUT2D eigenvalue weighted by Crippen LogP contribution is -2.05. The lowest BCUT2D eigenvalue weighted by molar-refractivity contribution is 0.355. The van der Waals surface area contributed by atoms with Crippen LogP contribution in [0.2, 0.25) is 0 Å². The molecule has 0 N–H and O–H groups in total. The van der Waals surface area contributed by atoms with Crippen molar-refractivity contribution >= 4 is 30.6 Å². The first kappa shape index (κ1) is 32.2. The van der Waals surface area contributed by atoms with Crippen LogP contribution in [0.3, 0.4) is 0 Å². The van der Waals surface area contributed by atoms with Gasteiger partial charge in [0.1, 0.15) is 23.0 Å². The number of hydrogen-bond acceptors (Lipinski definition) is 12. The van der Waals surface area contributed by atoms with Gasteiger partial charge in [0.25, 0.3) is 0 Å². The molecule has 16 heteroatoms. The Balaban J connectivity index is 1.86. The molecule has 1 heterocycles. The minimum atomic E-state index is -3.80. The average molecular weight is 676 g/mol. The molecule has 4 aromatic carbocycles. The van der Waals surface area contributed by atoms with Gasteiger partial charge in [0.2, 0.25) is 0 Å². The SMILES string of the molecule is COP1(Oc2ccccc2)=NP(OC)(Oc2ccccc2)=NP(OC)(Oc2ccccc2)=NP(OC)(Oc2ccccc2)=N1. The quantitative estimate of drug-likeness (QED) is 0.136. The lowest BCUT2D eigenvalue weighted by atomic mass is 10.3. The Kier molecular flexibility index (Phi) is 10.5. The Labute approximate surface area is 257 Å². The van der Waals surface area contributed by atoms with Crippen molar-refractivity contribution in [2.75, 3.05) is 28.4 Å². The van der Waals surface area contributed by atoms with E-state index < -0.39 is 30.6 Å². The molecular formula is C28H32N4O8P4. The van der Waals surface area contributed by atoms with Crippen LogP contribution >= 0.6 is 30.6 Å². The standard InChI is InChI=1S/C28H32N4O8P4/c1-33-41(37-25-17-9-5-10-18-25)29-42(34-2,38-26-19-11-6-12-20-26)31-44(36-4,40-28-23-15-8-16-24-28)32-43(30-41,35-3)39-27-21-13-7-14-22-27/h5-24H,1-4H3. The van der Waals surface area contributed by atoms with Gasteiger partial charge in [-0.05, 0) is 48.5 Å². The van der Waals surface area contributed by atoms with E-state index in [1.165, 1.54) is 28.4 Å². The first-order valence-electron chi connectivity index (χ1n) is 13.2. The van der Waals surface area contributed by atoms with Crippen LogP contribution in [0, 0.1) is 0 Å². The summed E-state index contributed by atoms with van der Waals surface area (Å²) in [7, 11) is -9.50. The van der Waals surface area contributed by atoms with Gasteiger partial charge in [-0.1, -0.05) is 72.8 Å². The van der Waals surface area contributed by atoms with E-state index in [-0.39, 0.29) is 0 Å². The second kappa shape index (κ2) is 14.3. The second-order valence-corrected chi connectivity index (χ2v) is 17.6. The van der Waals surface area contributed by atoms with E-state index in [1.807, 2.05) is 72.8 Å². The molecule has 44 heavy (non-hydrogen) atoms. The highest BCUT2D eigenvalue weighted by Crippen LogP contribution is 2.79. The molecule has 0 radical (unpaired) electrons. The maximum Gasteiger partial charge on any atom is 0.404 e. The fourth-order valence-corrected chi connectivity index (χ4v) is 15.5. The zero-order valence-corrected chi connectivity index (χ0v) is 28.0. The highest BCUT2D eigenvalue weighted by atomic mass is 31.3. The summed E-state index contributed by atoms with van der Waals surface area (Å²) in [5, 5.41) is 0. The normalized spacial score (nSPS) is 26.3. The molecule has 0 bridgehead atoms. The molecule has 0 spiro atoms. The maximum absolute atomic E-state index is 6.44. The van der Waals surface area contributed by atoms with Crippen molar-refractivity contribution in [2.45, 2.75) is 0 Å². The van der Waals surface area contributed by atoms with Crippen LogP contribution in [0.1, 0.15) is 0 Å². The third-order valence-corrected chi connectivity index (χ3v) is 16.7. The monoisotopic (exact) mass is 676 g/mol. The highest BCUT2D eigenvalue weighted by molar-refractivity contribution is 7.78. The zero-order chi connectivity index (χ0) is 30.9. The number of para-hydroxylation sites is 4. The van der Waals surface area contributed by atoms with Crippen molar-refractivity contribution in [3.8, 4) is 23.0 Å². The van der Waals surface area contributed by atoms with Crippen LogP contribution in [-0.4, -0.2) is 28.4 Å². The maximum atomic E-state index is 6.44. The number of rotatable bonds is 12. The molecule has 0 fully saturated rings. The van der Waals surface area contributed by atoms with Crippen LogP contribution in [0.15, 0.2) is 139 Å². The molecule has 0 saturated carbocycles. The highest BCUT2D eigenvalue weighted by Gasteiger charge is 2.45. The van der Waals surface area contributed by atoms with Crippen LogP contribution < -0.4 is 18.1 Å². The smallest absolute Gasteiger partial charge is 0.404 e. The van der Waals surface area contributed by atoms with Crippen molar-refractivity contribution in [1.82, 2.24) is 0 Å². The Morgan fingerprint density at radius 2 is 0.500 bits per heavy atom. The largest absolute Gasteiger partial charge is 0.422 e. The van der Waals surface area contributed by atoms with Crippen LogP contribution in [0.5, 0.6) is 23.0 Å². The predicted molar refractivity (Wildman–Crippen MR) is 174 cm³/mol. The average Bonchev–Trinajstić information content (AvgIpc) is 3.06. The summed E-state index contributed by atoms with van der Waals surface area (Å²) in [6.45, 7) is 0. The minimum Gasteiger partial charge on any atom is -0.422 e. The lowest BCUT2D eigenvalue weighted by Gasteiger charge is -2.31. The summed E-state index contributed by atoms with van der Waals surface area (Å²) in [5.41, 5.74) is 0. The summed E-state index contributed by atoms with van der Waals surface area (Å²) in [6.07, 6.45) is 0. The summed E-state index contributed by atoms with van der Waals surface area (Å²) in [4.78, 5) is 0. The fourth-order valence-electron chi connectivity index (χ4n) is 3.70. The molecular weight excluding hydrogens is 644 g/mol. The van der Waals surface area contributed by atoms with Crippen molar-refractivity contribution in [1.29, 1.82) is 0 Å². The fraction of sp³-hybridized carbons (Fsp3) is 0.143. The molecule has 0 unspecified atom stereocenters. The molecule has 0 amide bonds. The third kappa shape index (κ3) is 7.73. The molecule has 1 aliphatic heterocycles. The van der Waals surface area contributed by atoms with Gasteiger partial charge in [-0.2, -0.15) is 0 Å². The summed E-state index contributed by atoms with van der Waals surface area (Å²) < 4.78 is 69.8. The van der Waals surface area contributed by atoms with Crippen LogP contribution in [0.4, 0.5) is 0 Å². The van der Waals surface area contributed by atoms with Gasteiger partial charge < -0.3 is 36.2 Å². The first-order chi connectivity index (χ1) is 21.4. The molecule has 0 aliphatic carbocycles. The molecule has 232 valence electrons. The Morgan fingerprint density at radius 1 is 0.318 bits per heavy atom. The van der Waals surface area contributed by atoms with Gasteiger partial charge in [0, 0.05) is 28.4 Å². The van der Waals surface area contributed by atoms with E-state index in [4.69, 9.17) is 54.3 Å². The Bertz CT molecular complexity index is 1480. The molecule has 0 atom stereocenters. The second-order valence-electron chi connectivity index (χ2n) is 8.67. The molecule has 0 aromatic heterocycles. The molecule has 0 saturated heterocycles. The van der Waals surface area contributed by atoms with Crippen molar-refractivity contribution in [3.63, 3.8) is 0 Å². The third-order valence-electron chi connectivity index (χ3n) is 5.73. The number of nitrogens with zero attached hydrogens (tertiary/aromatic N) is 4. The first-order valence-corrected chi connectivity index (χ1v) is 19.3. The van der Waals surface area contributed by atoms with E-state index in [0.717, 1.165) is 0 Å². The van der Waals surface area contributed by atoms with Gasteiger partial charge >= 0.3 is 30.6 Å². The van der Waals surface area contributed by atoms with Crippen LogP contribution in [0.25, 0.3) is 0 Å². The summed E-state index contributed by atoms with van der Waals surface area (Å²) >= 11 is 0. The van der Waals surface area contributed by atoms with Gasteiger partial charge in [-0.3, -0.25) is 0 Å². The van der Waals surface area contributed by atoms with Crippen LogP contribution in [-0.2, 0) is 18.1 Å². The zero-order valence-electron chi connectivity index (χ0n) is 24.4. The molecule has 12 nitrogen and oxygen atoms in total. The molecule has 5 rings (SSSR count). The van der Waals surface area contributed by atoms with Crippen molar-refractivity contribution in [2.24, 2.45) is 18.1 Å². The Hall–Kier alpha value is -3.16. The minimum absolute atomic E-state index is 0.423. The summed E-state index contributed by atoms with van der Waals surface area (Å²) in [6, 6.07) is 35.9. The molecule has 4 aromatic rings. The van der Waals surface area contributed by atoms with Gasteiger partial charge in [0.05, 0.1) is 0 Å². The van der Waals surface area contributed by atoms with E-state index >= 15 is 0 Å².